The average molecular weight is 303 g/mol. The van der Waals surface area contributed by atoms with Crippen LogP contribution in [-0.2, 0) is 4.79 Å². The molecule has 22 heavy (non-hydrogen) atoms. The van der Waals surface area contributed by atoms with E-state index in [1.165, 1.54) is 7.11 Å². The van der Waals surface area contributed by atoms with E-state index >= 15 is 0 Å². The zero-order valence-electron chi connectivity index (χ0n) is 11.6. The van der Waals surface area contributed by atoms with Crippen molar-refractivity contribution in [2.45, 2.75) is 6.42 Å². The molecule has 3 rings (SSSR count). The summed E-state index contributed by atoms with van der Waals surface area (Å²) in [5.74, 6) is -1.97. The lowest BCUT2D eigenvalue weighted by atomic mass is 10.1. The zero-order chi connectivity index (χ0) is 15.7. The van der Waals surface area contributed by atoms with Crippen LogP contribution in [0.2, 0.25) is 0 Å². The highest BCUT2D eigenvalue weighted by molar-refractivity contribution is 6.19. The van der Waals surface area contributed by atoms with Crippen LogP contribution < -0.4 is 9.75 Å². The minimum Gasteiger partial charge on any atom is -0.496 e. The quantitative estimate of drug-likeness (QED) is 0.875. The molecule has 0 saturated heterocycles. The molecule has 0 fully saturated rings. The molecule has 0 spiro atoms. The molecule has 0 radical (unpaired) electrons. The van der Waals surface area contributed by atoms with E-state index in [2.05, 4.69) is 10.1 Å². The number of anilines is 1. The second-order valence-corrected chi connectivity index (χ2v) is 4.59. The molecular weight excluding hydrogens is 292 g/mol. The van der Waals surface area contributed by atoms with Crippen LogP contribution >= 0.6 is 0 Å². The number of amides is 1. The Bertz CT molecular complexity index is 777. The van der Waals surface area contributed by atoms with E-state index in [9.17, 15) is 13.6 Å². The summed E-state index contributed by atoms with van der Waals surface area (Å²) in [6.07, 6.45) is 0.821. The number of pyridine rings is 1. The van der Waals surface area contributed by atoms with Gasteiger partial charge in [-0.15, -0.1) is 0 Å². The van der Waals surface area contributed by atoms with Gasteiger partial charge in [0.05, 0.1) is 25.4 Å². The molecule has 0 saturated carbocycles. The van der Waals surface area contributed by atoms with Gasteiger partial charge in [-0.2, -0.15) is 10.1 Å². The Balaban J connectivity index is 2.01. The summed E-state index contributed by atoms with van der Waals surface area (Å²) >= 11 is 0. The van der Waals surface area contributed by atoms with E-state index in [0.717, 1.165) is 11.2 Å². The van der Waals surface area contributed by atoms with Crippen LogP contribution in [0, 0.1) is 11.6 Å². The molecule has 7 heteroatoms. The second kappa shape index (κ2) is 5.51. The van der Waals surface area contributed by atoms with Gasteiger partial charge in [0.25, 0.3) is 5.91 Å². The number of carbonyl (C=O) groups excluding carboxylic acids is 1. The second-order valence-electron chi connectivity index (χ2n) is 4.59. The third-order valence-corrected chi connectivity index (χ3v) is 3.18. The van der Waals surface area contributed by atoms with E-state index in [1.54, 1.807) is 24.3 Å². The molecule has 1 aliphatic heterocycles. The Morgan fingerprint density at radius 3 is 2.77 bits per heavy atom. The summed E-state index contributed by atoms with van der Waals surface area (Å²) in [5.41, 5.74) is 1.08. The molecule has 5 nitrogen and oxygen atoms in total. The van der Waals surface area contributed by atoms with Gasteiger partial charge in [-0.1, -0.05) is 12.1 Å². The minimum atomic E-state index is -0.946. The number of halogens is 2. The minimum absolute atomic E-state index is 0.0150. The molecule has 1 amide bonds. The number of nitrogens with zero attached hydrogens (tertiary/aromatic N) is 3. The van der Waals surface area contributed by atoms with Crippen molar-refractivity contribution >= 4 is 17.4 Å². The van der Waals surface area contributed by atoms with Crippen LogP contribution in [0.5, 0.6) is 5.75 Å². The van der Waals surface area contributed by atoms with E-state index in [4.69, 9.17) is 4.74 Å². The highest BCUT2D eigenvalue weighted by atomic mass is 19.1. The first kappa shape index (κ1) is 14.1. The molecule has 0 bridgehead atoms. The molecule has 1 aromatic heterocycles. The molecule has 1 aromatic carbocycles. The van der Waals surface area contributed by atoms with Gasteiger partial charge in [-0.25, -0.2) is 13.8 Å². The lowest BCUT2D eigenvalue weighted by Gasteiger charge is -2.10. The number of ether oxygens (including phenoxy) is 1. The number of hydrazone groups is 1. The SMILES string of the molecule is COc1ccccc1C1=NN(c2ncc(F)cc2F)C(=O)C1. The van der Waals surface area contributed by atoms with E-state index in [1.807, 2.05) is 0 Å². The van der Waals surface area contributed by atoms with Crippen molar-refractivity contribution in [2.24, 2.45) is 5.10 Å². The van der Waals surface area contributed by atoms with E-state index in [-0.39, 0.29) is 12.2 Å². The van der Waals surface area contributed by atoms with Crippen LogP contribution in [0.3, 0.4) is 0 Å². The maximum absolute atomic E-state index is 13.8. The maximum atomic E-state index is 13.8. The molecule has 0 atom stereocenters. The Kier molecular flexibility index (Phi) is 3.54. The monoisotopic (exact) mass is 303 g/mol. The summed E-state index contributed by atoms with van der Waals surface area (Å²) in [6, 6.07) is 7.72. The standard InChI is InChI=1S/C15H11F2N3O2/c1-22-13-5-3-2-4-10(13)12-7-14(21)20(19-12)15-11(17)6-9(16)8-18-15/h2-6,8H,7H2,1H3. The predicted octanol–water partition coefficient (Wildman–Crippen LogP) is 2.51. The fourth-order valence-corrected chi connectivity index (χ4v) is 2.19. The molecule has 2 aromatic rings. The average Bonchev–Trinajstić information content (AvgIpc) is 2.89. The summed E-state index contributed by atoms with van der Waals surface area (Å²) in [7, 11) is 1.51. The summed E-state index contributed by atoms with van der Waals surface area (Å²) < 4.78 is 31.9. The molecule has 0 aliphatic carbocycles. The van der Waals surface area contributed by atoms with Crippen LogP contribution in [0.1, 0.15) is 12.0 Å². The first-order valence-electron chi connectivity index (χ1n) is 6.45. The van der Waals surface area contributed by atoms with Crippen molar-refractivity contribution in [3.05, 3.63) is 53.7 Å². The number of aromatic nitrogens is 1. The van der Waals surface area contributed by atoms with E-state index < -0.39 is 17.5 Å². The van der Waals surface area contributed by atoms with Gasteiger partial charge in [0.1, 0.15) is 11.6 Å². The predicted molar refractivity (Wildman–Crippen MR) is 75.8 cm³/mol. The van der Waals surface area contributed by atoms with Gasteiger partial charge in [-0.3, -0.25) is 4.79 Å². The highest BCUT2D eigenvalue weighted by Crippen LogP contribution is 2.27. The molecular formula is C15H11F2N3O2. The summed E-state index contributed by atoms with van der Waals surface area (Å²) in [5, 5.41) is 4.95. The van der Waals surface area contributed by atoms with Crippen molar-refractivity contribution in [1.29, 1.82) is 0 Å². The van der Waals surface area contributed by atoms with Crippen molar-refractivity contribution in [3.8, 4) is 5.75 Å². The van der Waals surface area contributed by atoms with Crippen LogP contribution in [-0.4, -0.2) is 23.7 Å². The van der Waals surface area contributed by atoms with E-state index in [0.29, 0.717) is 23.1 Å². The van der Waals surface area contributed by atoms with Gasteiger partial charge in [-0.05, 0) is 12.1 Å². The van der Waals surface area contributed by atoms with Gasteiger partial charge >= 0.3 is 0 Å². The van der Waals surface area contributed by atoms with Gasteiger partial charge in [0, 0.05) is 11.6 Å². The molecule has 112 valence electrons. The smallest absolute Gasteiger partial charge is 0.255 e. The maximum Gasteiger partial charge on any atom is 0.255 e. The van der Waals surface area contributed by atoms with Crippen molar-refractivity contribution < 1.29 is 18.3 Å². The molecule has 1 aliphatic rings. The number of benzene rings is 1. The first-order chi connectivity index (χ1) is 10.6. The largest absolute Gasteiger partial charge is 0.496 e. The first-order valence-corrected chi connectivity index (χ1v) is 6.45. The van der Waals surface area contributed by atoms with Gasteiger partial charge in [0.15, 0.2) is 11.6 Å². The summed E-state index contributed by atoms with van der Waals surface area (Å²) in [6.45, 7) is 0. The lowest BCUT2D eigenvalue weighted by molar-refractivity contribution is -0.117. The Morgan fingerprint density at radius 2 is 2.05 bits per heavy atom. The molecule has 0 N–H and O–H groups in total. The fourth-order valence-electron chi connectivity index (χ4n) is 2.19. The molecule has 2 heterocycles. The highest BCUT2D eigenvalue weighted by Gasteiger charge is 2.30. The number of rotatable bonds is 3. The van der Waals surface area contributed by atoms with Crippen LogP contribution in [0.25, 0.3) is 0 Å². The number of hydrogen-bond acceptors (Lipinski definition) is 4. The van der Waals surface area contributed by atoms with Crippen LogP contribution in [0.15, 0.2) is 41.6 Å². The number of para-hydroxylation sites is 1. The zero-order valence-corrected chi connectivity index (χ0v) is 11.6. The summed E-state index contributed by atoms with van der Waals surface area (Å²) in [4.78, 5) is 15.7. The van der Waals surface area contributed by atoms with Gasteiger partial charge < -0.3 is 4.74 Å². The number of methoxy groups -OCH3 is 1. The van der Waals surface area contributed by atoms with Gasteiger partial charge in [0.2, 0.25) is 0 Å². The third kappa shape index (κ3) is 2.41. The Labute approximate surface area is 124 Å². The Morgan fingerprint density at radius 1 is 1.27 bits per heavy atom. The number of carbonyl (C=O) groups is 1. The Hall–Kier alpha value is -2.83. The molecule has 0 unspecified atom stereocenters. The number of hydrogen-bond donors (Lipinski definition) is 0. The van der Waals surface area contributed by atoms with Crippen molar-refractivity contribution in [1.82, 2.24) is 4.98 Å². The topological polar surface area (TPSA) is 54.8 Å². The third-order valence-electron chi connectivity index (χ3n) is 3.18. The van der Waals surface area contributed by atoms with Crippen LogP contribution in [0.4, 0.5) is 14.6 Å². The fraction of sp³-hybridized carbons (Fsp3) is 0.133. The van der Waals surface area contributed by atoms with Crippen molar-refractivity contribution in [3.63, 3.8) is 0 Å². The lowest BCUT2D eigenvalue weighted by Crippen LogP contribution is -2.22. The van der Waals surface area contributed by atoms with Crippen molar-refractivity contribution in [2.75, 3.05) is 12.1 Å². The normalized spacial score (nSPS) is 14.2.